The Morgan fingerprint density at radius 3 is 2.35 bits per heavy atom. The third kappa shape index (κ3) is 3.96. The maximum absolute atomic E-state index is 3.74. The Labute approximate surface area is 140 Å². The highest BCUT2D eigenvalue weighted by molar-refractivity contribution is 5.50. The summed E-state index contributed by atoms with van der Waals surface area (Å²) < 4.78 is 0. The highest BCUT2D eigenvalue weighted by atomic mass is 14.9. The van der Waals surface area contributed by atoms with Gasteiger partial charge in [-0.2, -0.15) is 0 Å². The Kier molecular flexibility index (Phi) is 4.72. The molecule has 1 fully saturated rings. The first-order valence-corrected chi connectivity index (χ1v) is 8.53. The van der Waals surface area contributed by atoms with Crippen molar-refractivity contribution in [2.75, 3.05) is 5.32 Å². The van der Waals surface area contributed by atoms with E-state index in [2.05, 4.69) is 68.3 Å². The fourth-order valence-corrected chi connectivity index (χ4v) is 3.56. The molecule has 1 aliphatic rings. The summed E-state index contributed by atoms with van der Waals surface area (Å²) in [6.07, 6.45) is 2.44. The predicted molar refractivity (Wildman–Crippen MR) is 98.5 cm³/mol. The second-order valence-corrected chi connectivity index (χ2v) is 6.84. The van der Waals surface area contributed by atoms with Crippen LogP contribution < -0.4 is 5.32 Å². The molecule has 1 N–H and O–H groups in total. The van der Waals surface area contributed by atoms with Gasteiger partial charge in [0.05, 0.1) is 0 Å². The highest BCUT2D eigenvalue weighted by Gasteiger charge is 2.32. The molecule has 0 heterocycles. The molecule has 118 valence electrons. The van der Waals surface area contributed by atoms with Gasteiger partial charge in [-0.25, -0.2) is 0 Å². The first kappa shape index (κ1) is 15.7. The van der Waals surface area contributed by atoms with Crippen LogP contribution in [0.2, 0.25) is 0 Å². The van der Waals surface area contributed by atoms with Crippen LogP contribution in [-0.2, 0) is 0 Å². The predicted octanol–water partition coefficient (Wildman–Crippen LogP) is 5.18. The molecule has 0 amide bonds. The second-order valence-electron chi connectivity index (χ2n) is 6.84. The molecular formula is C22H25N. The molecule has 3 atom stereocenters. The third-order valence-electron chi connectivity index (χ3n) is 4.71. The van der Waals surface area contributed by atoms with Gasteiger partial charge < -0.3 is 5.32 Å². The summed E-state index contributed by atoms with van der Waals surface area (Å²) in [7, 11) is 0. The first-order chi connectivity index (χ1) is 11.1. The monoisotopic (exact) mass is 303 g/mol. The molecule has 0 aromatic heterocycles. The van der Waals surface area contributed by atoms with Gasteiger partial charge in [-0.05, 0) is 68.0 Å². The molecule has 3 rings (SSSR count). The van der Waals surface area contributed by atoms with Gasteiger partial charge in [0.1, 0.15) is 0 Å². The molecule has 0 bridgehead atoms. The van der Waals surface area contributed by atoms with E-state index in [1.807, 2.05) is 18.2 Å². The van der Waals surface area contributed by atoms with Crippen LogP contribution in [-0.4, -0.2) is 6.04 Å². The zero-order chi connectivity index (χ0) is 16.2. The number of hydrogen-bond donors (Lipinski definition) is 1. The number of rotatable bonds is 2. The number of benzene rings is 2. The molecule has 0 aliphatic heterocycles. The van der Waals surface area contributed by atoms with E-state index in [0.717, 1.165) is 5.56 Å². The van der Waals surface area contributed by atoms with E-state index in [4.69, 9.17) is 0 Å². The van der Waals surface area contributed by atoms with Crippen LogP contribution in [0.4, 0.5) is 5.69 Å². The van der Waals surface area contributed by atoms with Crippen molar-refractivity contribution in [3.63, 3.8) is 0 Å². The summed E-state index contributed by atoms with van der Waals surface area (Å²) in [5.41, 5.74) is 4.96. The molecule has 1 nitrogen and oxygen atoms in total. The molecular weight excluding hydrogens is 278 g/mol. The van der Waals surface area contributed by atoms with E-state index in [0.29, 0.717) is 17.9 Å². The highest BCUT2D eigenvalue weighted by Crippen LogP contribution is 2.33. The normalized spacial score (nSPS) is 23.2. The fourth-order valence-electron chi connectivity index (χ4n) is 3.56. The number of hydrogen-bond acceptors (Lipinski definition) is 1. The van der Waals surface area contributed by atoms with Crippen molar-refractivity contribution < 1.29 is 0 Å². The van der Waals surface area contributed by atoms with E-state index in [1.54, 1.807) is 0 Å². The maximum atomic E-state index is 3.74. The average molecular weight is 303 g/mol. The minimum atomic E-state index is 0.413. The lowest BCUT2D eigenvalue weighted by molar-refractivity contribution is 0.498. The van der Waals surface area contributed by atoms with E-state index in [-0.39, 0.29) is 0 Å². The summed E-state index contributed by atoms with van der Waals surface area (Å²) in [5, 5.41) is 3.74. The molecule has 2 aromatic rings. The minimum Gasteiger partial charge on any atom is -0.381 e. The molecule has 2 aromatic carbocycles. The molecule has 0 spiro atoms. The zero-order valence-corrected chi connectivity index (χ0v) is 14.3. The average Bonchev–Trinajstić information content (AvgIpc) is 2.85. The maximum Gasteiger partial charge on any atom is 0.0433 e. The van der Waals surface area contributed by atoms with Gasteiger partial charge >= 0.3 is 0 Å². The van der Waals surface area contributed by atoms with Gasteiger partial charge in [-0.15, -0.1) is 0 Å². The van der Waals surface area contributed by atoms with Crippen molar-refractivity contribution >= 4 is 5.69 Å². The van der Waals surface area contributed by atoms with Crippen LogP contribution in [0.15, 0.2) is 48.5 Å². The van der Waals surface area contributed by atoms with Crippen molar-refractivity contribution in [1.82, 2.24) is 0 Å². The van der Waals surface area contributed by atoms with Crippen molar-refractivity contribution in [3.8, 4) is 11.8 Å². The summed E-state index contributed by atoms with van der Waals surface area (Å²) in [6.45, 7) is 6.64. The van der Waals surface area contributed by atoms with Gasteiger partial charge in [0, 0.05) is 23.2 Å². The summed E-state index contributed by atoms with van der Waals surface area (Å²) >= 11 is 0. The van der Waals surface area contributed by atoms with Gasteiger partial charge in [-0.1, -0.05) is 43.0 Å². The largest absolute Gasteiger partial charge is 0.381 e. The Morgan fingerprint density at radius 2 is 1.65 bits per heavy atom. The van der Waals surface area contributed by atoms with Crippen LogP contribution in [0.25, 0.3) is 0 Å². The molecule has 1 aliphatic carbocycles. The SMILES string of the molecule is Cc1cc(C)cc(NC2CCC(C)C2C#Cc2ccccc2)c1. The van der Waals surface area contributed by atoms with Crippen molar-refractivity contribution in [2.45, 2.75) is 39.7 Å². The van der Waals surface area contributed by atoms with Crippen molar-refractivity contribution in [3.05, 3.63) is 65.2 Å². The van der Waals surface area contributed by atoms with Gasteiger partial charge in [0.15, 0.2) is 0 Å². The summed E-state index contributed by atoms with van der Waals surface area (Å²) in [5.74, 6) is 7.96. The Bertz CT molecular complexity index is 700. The van der Waals surface area contributed by atoms with E-state index < -0.39 is 0 Å². The fraction of sp³-hybridized carbons (Fsp3) is 0.364. The number of nitrogens with one attached hydrogen (secondary N) is 1. The second kappa shape index (κ2) is 6.92. The molecule has 1 heteroatoms. The van der Waals surface area contributed by atoms with E-state index in [1.165, 1.54) is 29.7 Å². The van der Waals surface area contributed by atoms with Crippen LogP contribution in [0.5, 0.6) is 0 Å². The molecule has 0 saturated heterocycles. The molecule has 1 saturated carbocycles. The van der Waals surface area contributed by atoms with E-state index in [9.17, 15) is 0 Å². The molecule has 3 unspecified atom stereocenters. The molecule has 0 radical (unpaired) electrons. The van der Waals surface area contributed by atoms with Crippen LogP contribution >= 0.6 is 0 Å². The van der Waals surface area contributed by atoms with Crippen LogP contribution in [0, 0.1) is 37.5 Å². The van der Waals surface area contributed by atoms with Crippen molar-refractivity contribution in [1.29, 1.82) is 0 Å². The summed E-state index contributed by atoms with van der Waals surface area (Å²) in [6, 6.07) is 17.4. The van der Waals surface area contributed by atoms with E-state index >= 15 is 0 Å². The minimum absolute atomic E-state index is 0.413. The van der Waals surface area contributed by atoms with Gasteiger partial charge in [0.25, 0.3) is 0 Å². The Balaban J connectivity index is 1.77. The topological polar surface area (TPSA) is 12.0 Å². The Hall–Kier alpha value is -2.20. The van der Waals surface area contributed by atoms with Gasteiger partial charge in [-0.3, -0.25) is 0 Å². The first-order valence-electron chi connectivity index (χ1n) is 8.53. The lowest BCUT2D eigenvalue weighted by Crippen LogP contribution is -2.25. The zero-order valence-electron chi connectivity index (χ0n) is 14.3. The van der Waals surface area contributed by atoms with Gasteiger partial charge in [0.2, 0.25) is 0 Å². The third-order valence-corrected chi connectivity index (χ3v) is 4.71. The lowest BCUT2D eigenvalue weighted by atomic mass is 9.95. The van der Waals surface area contributed by atoms with Crippen molar-refractivity contribution in [2.24, 2.45) is 11.8 Å². The van der Waals surface area contributed by atoms with Crippen LogP contribution in [0.3, 0.4) is 0 Å². The quantitative estimate of drug-likeness (QED) is 0.754. The van der Waals surface area contributed by atoms with Crippen LogP contribution in [0.1, 0.15) is 36.5 Å². The lowest BCUT2D eigenvalue weighted by Gasteiger charge is -2.21. The standard InChI is InChI=1S/C22H25N/c1-16-13-17(2)15-20(14-16)23-22-12-9-18(3)21(22)11-10-19-7-5-4-6-8-19/h4-8,13-15,18,21-23H,9,12H2,1-3H3. The number of anilines is 1. The Morgan fingerprint density at radius 1 is 0.957 bits per heavy atom. The summed E-state index contributed by atoms with van der Waals surface area (Å²) in [4.78, 5) is 0. The molecule has 23 heavy (non-hydrogen) atoms. The smallest absolute Gasteiger partial charge is 0.0433 e. The number of aryl methyl sites for hydroxylation is 2.